The minimum absolute atomic E-state index is 0. The van der Waals surface area contributed by atoms with E-state index in [0.717, 1.165) is 33.6 Å². The first-order valence-corrected chi connectivity index (χ1v) is 18.0. The van der Waals surface area contributed by atoms with Crippen molar-refractivity contribution in [3.63, 3.8) is 0 Å². The second-order valence-electron chi connectivity index (χ2n) is 11.6. The van der Waals surface area contributed by atoms with Gasteiger partial charge < -0.3 is 296 Å². The smallest absolute Gasteiger partial charge is 0 e. The van der Waals surface area contributed by atoms with E-state index >= 15 is 0 Å². The van der Waals surface area contributed by atoms with Gasteiger partial charge in [0.15, 0.2) is 0 Å². The maximum atomic E-state index is 5.50. The first-order valence-electron chi connectivity index (χ1n) is 14.2. The van der Waals surface area contributed by atoms with Crippen molar-refractivity contribution in [2.75, 3.05) is 0 Å². The molecule has 0 amide bonds. The average Bonchev–Trinajstić information content (AvgIpc) is 2.96. The van der Waals surface area contributed by atoms with Crippen LogP contribution in [0.5, 0.6) is 0 Å². The third-order valence-electron chi connectivity index (χ3n) is 6.89. The number of benzene rings is 3. The standard InChI is InChI=1S/C14H17N.C12H16IN.C10H9N.3Mo.54H2O.15W/c1-6-11-7-12(9(2)3)14(15)13(8-11)10(4)5;1-7(2)10-5-9(13)6-11(8(3)4)12(10)14;1-4-9-5-7(2)10(11)8(3)6-9;;;;;;;;;;;;;;;;;;;;;;;;;;;;;;;;;;;;;;;;;;;;;;;;;;;;;;;;;;;;;;;;;;;;;;;;/h1,7-10H,2-5H3;5-8H,1-4H3;1,5-6H,2-3H3;;;;54*1H2;;;;;;;;;;;;;;;/q3*+1;;;;;;;;;;;;;;;;;;;;;;;;;;;;;;;;;;;;;;;;;;;;;;;;;;;;;;;;;;;;;;;;;;;;;;;;. The molecule has 0 heterocycles. The predicted octanol–water partition coefficient (Wildman–Crippen LogP) is -32.4. The van der Waals surface area contributed by atoms with Crippen LogP contribution in [0.15, 0.2) is 36.4 Å². The van der Waals surface area contributed by atoms with Gasteiger partial charge in [-0.2, -0.15) is 0 Å². The van der Waals surface area contributed by atoms with Crippen LogP contribution in [0.1, 0.15) is 124 Å². The maximum Gasteiger partial charge on any atom is 0 e. The van der Waals surface area contributed by atoms with Gasteiger partial charge in [0.2, 0.25) is 0 Å². The Bertz CT molecular complexity index is 1750. The molecule has 745 valence electrons. The van der Waals surface area contributed by atoms with Crippen LogP contribution in [0.4, 0.5) is 17.1 Å². The third-order valence-corrected chi connectivity index (χ3v) is 8.86. The summed E-state index contributed by atoms with van der Waals surface area (Å²) < 4.78 is 14.4. The Labute approximate surface area is 908 Å². The number of terminal acetylenes is 2. The van der Waals surface area contributed by atoms with E-state index in [1.807, 2.05) is 45.4 Å². The van der Waals surface area contributed by atoms with Crippen LogP contribution in [0.2, 0.25) is 0 Å². The van der Waals surface area contributed by atoms with Gasteiger partial charge in [-0.15, -0.1) is 0 Å². The Kier molecular flexibility index (Phi) is 2200. The summed E-state index contributed by atoms with van der Waals surface area (Å²) in [5, 5.41) is 0. The number of nitrogens with zero attached hydrogens (tertiary/aromatic N) is 3. The second-order valence-corrected chi connectivity index (χ2v) is 14.2. The molecule has 112 heavy (non-hydrogen) atoms. The number of hydrogen-bond acceptors (Lipinski definition) is 0. The summed E-state index contributed by atoms with van der Waals surface area (Å²) in [6.45, 7) is 21.7. The Hall–Kier alpha value is 6.87. The normalized spacial score (nSPS) is 3.84. The zero-order valence-electron chi connectivity index (χ0n) is 60.0. The molecule has 0 aliphatic heterocycles. The van der Waals surface area contributed by atoms with Crippen LogP contribution in [-0.2, 0) is 374 Å². The Morgan fingerprint density at radius 3 is 0.429 bits per heavy atom. The van der Waals surface area contributed by atoms with E-state index in [0.29, 0.717) is 23.7 Å². The summed E-state index contributed by atoms with van der Waals surface area (Å²) in [6.07, 6.45) is 10.8. The number of hydrogen-bond donors (Lipinski definition) is 0. The van der Waals surface area contributed by atoms with E-state index < -0.39 is 0 Å². The summed E-state index contributed by atoms with van der Waals surface area (Å²) >= 11 is 7.71. The van der Waals surface area contributed by atoms with Gasteiger partial charge in [-0.25, -0.2) is 0 Å². The molecule has 0 saturated carbocycles. The molecule has 57 nitrogen and oxygen atoms in total. The predicted molar refractivity (Wildman–Crippen MR) is 378 cm³/mol. The molecule has 0 radical (unpaired) electrons. The van der Waals surface area contributed by atoms with Gasteiger partial charge in [0.1, 0.15) is 0 Å². The first kappa shape index (κ1) is 664. The molecule has 3 aromatic carbocycles. The molecule has 0 aromatic heterocycles. The Morgan fingerprint density at radius 2 is 0.330 bits per heavy atom. The van der Waals surface area contributed by atoms with Crippen LogP contribution in [-0.4, -0.2) is 296 Å². The SMILES string of the molecule is C#Cc1cc(C(C)C)c([N+]#[Mo])c(C(C)C)c1.C#Cc1cc(C)c([N+]#[Mo])c(C)c1.CC(C)c1cc(I)cc(C(C)C)c1[N+]#[Mo].O.O.O.O.O.O.O.O.O.O.O.O.O.O.O.O.O.O.O.O.O.O.O.O.O.O.O.O.O.O.O.O.O.O.O.O.O.O.O.O.O.O.O.O.O.O.O.O.O.O.O.O.O.O.[W].[W].[W].[W].[W].[W].[W].[W].[W].[W].[W].[W].[W].[W].[W]. The fourth-order valence-electron chi connectivity index (χ4n) is 4.56. The van der Waals surface area contributed by atoms with E-state index in [1.54, 1.807) is 38.9 Å². The van der Waals surface area contributed by atoms with Gasteiger partial charge in [0.05, 0.1) is 0 Å². The molecule has 0 spiro atoms. The molecular weight excluding hydrogens is 4510 g/mol. The quantitative estimate of drug-likeness (QED) is 0.134. The molecule has 76 heteroatoms. The fraction of sp³-hybridized carbons (Fsp3) is 0.389. The zero-order valence-corrected chi connectivity index (χ0v) is 112. The summed E-state index contributed by atoms with van der Waals surface area (Å²) in [4.78, 5) is 0. The van der Waals surface area contributed by atoms with Crippen LogP contribution < -0.4 is 0 Å². The third kappa shape index (κ3) is 240. The molecular formula is C36H150IMo3N3O54W15+3. The molecule has 0 aliphatic carbocycles. The van der Waals surface area contributed by atoms with Gasteiger partial charge in [-0.1, -0.05) is 0 Å². The van der Waals surface area contributed by atoms with Crippen molar-refractivity contribution in [3.05, 3.63) is 94.4 Å². The van der Waals surface area contributed by atoms with Crippen LogP contribution in [0.3, 0.4) is 0 Å². The van der Waals surface area contributed by atoms with Gasteiger partial charge in [-0.05, 0) is 0 Å². The molecule has 0 aliphatic rings. The summed E-state index contributed by atoms with van der Waals surface area (Å²) in [6, 6.07) is 12.6. The Balaban J connectivity index is -0.00000000283. The van der Waals surface area contributed by atoms with E-state index in [1.165, 1.54) is 31.5 Å². The largest absolute Gasteiger partial charge is 0.412 e. The van der Waals surface area contributed by atoms with Crippen LogP contribution in [0.25, 0.3) is 9.93 Å². The van der Waals surface area contributed by atoms with Crippen molar-refractivity contribution in [2.45, 2.75) is 92.9 Å². The minimum Gasteiger partial charge on any atom is -0.412 e. The van der Waals surface area contributed by atoms with Crippen molar-refractivity contribution in [3.8, 4) is 24.7 Å². The summed E-state index contributed by atoms with van der Waals surface area (Å²) in [5.74, 6) is 7.33. The van der Waals surface area contributed by atoms with Crippen LogP contribution >= 0.6 is 22.6 Å². The molecule has 3 aromatic rings. The van der Waals surface area contributed by atoms with E-state index in [-0.39, 0.29) is 612 Å². The molecule has 3 rings (SSSR count). The van der Waals surface area contributed by atoms with E-state index in [9.17, 15) is 0 Å². The van der Waals surface area contributed by atoms with Crippen molar-refractivity contribution >= 4 is 39.7 Å². The molecule has 0 fully saturated rings. The van der Waals surface area contributed by atoms with Crippen molar-refractivity contribution in [1.29, 1.82) is 0 Å². The summed E-state index contributed by atoms with van der Waals surface area (Å²) in [5.41, 5.74) is 12.8. The maximum absolute atomic E-state index is 5.50. The van der Waals surface area contributed by atoms with Crippen LogP contribution in [0, 0.1) is 42.1 Å². The molecule has 0 bridgehead atoms. The first-order chi connectivity index (χ1) is 20.2. The number of rotatable bonds is 4. The number of aryl methyl sites for hydroxylation is 2. The van der Waals surface area contributed by atoms with E-state index in [4.69, 9.17) is 12.8 Å². The Morgan fingerprint density at radius 1 is 0.223 bits per heavy atom. The molecule has 108 N–H and O–H groups in total. The van der Waals surface area contributed by atoms with Gasteiger partial charge in [0.25, 0.3) is 0 Å². The van der Waals surface area contributed by atoms with E-state index in [2.05, 4.69) is 124 Å². The monoisotopic (exact) mass is 4670 g/mol. The fourth-order valence-corrected chi connectivity index (χ4v) is 6.98. The number of halogens is 1. The van der Waals surface area contributed by atoms with Crippen molar-refractivity contribution in [2.24, 2.45) is 0 Å². The van der Waals surface area contributed by atoms with Gasteiger partial charge in [-0.3, -0.25) is 0 Å². The molecule has 0 atom stereocenters. The average molecular weight is 4660 g/mol. The topological polar surface area (TPSA) is 1710 Å². The second kappa shape index (κ2) is 371. The van der Waals surface area contributed by atoms with Gasteiger partial charge in [0, 0.05) is 316 Å². The van der Waals surface area contributed by atoms with Crippen molar-refractivity contribution in [1.82, 2.24) is 0 Å². The minimum atomic E-state index is 0. The van der Waals surface area contributed by atoms with Gasteiger partial charge >= 0.3 is 310 Å². The molecule has 0 saturated heterocycles. The van der Waals surface area contributed by atoms with Crippen molar-refractivity contribution < 1.29 is 670 Å². The summed E-state index contributed by atoms with van der Waals surface area (Å²) in [7, 11) is 0. The molecule has 0 unspecified atom stereocenters. The zero-order chi connectivity index (χ0) is 33.0.